The molecule has 7 nitrogen and oxygen atoms in total. The van der Waals surface area contributed by atoms with Gasteiger partial charge in [0, 0.05) is 45.3 Å². The van der Waals surface area contributed by atoms with Crippen LogP contribution in [0.3, 0.4) is 0 Å². The Morgan fingerprint density at radius 3 is 2.35 bits per heavy atom. The fourth-order valence-corrected chi connectivity index (χ4v) is 3.01. The van der Waals surface area contributed by atoms with Crippen molar-refractivity contribution < 1.29 is 18.9 Å². The van der Waals surface area contributed by atoms with Crippen LogP contribution >= 0.6 is 24.0 Å². The lowest BCUT2D eigenvalue weighted by Crippen LogP contribution is -2.41. The predicted octanol–water partition coefficient (Wildman–Crippen LogP) is 2.37. The number of nitrogens with one attached hydrogen (secondary N) is 1. The first-order chi connectivity index (χ1) is 12.1. The van der Waals surface area contributed by atoms with Crippen LogP contribution in [-0.4, -0.2) is 66.0 Å². The van der Waals surface area contributed by atoms with E-state index in [9.17, 15) is 0 Å². The molecule has 0 aromatic heterocycles. The molecule has 0 spiro atoms. The van der Waals surface area contributed by atoms with Crippen molar-refractivity contribution in [3.05, 3.63) is 17.7 Å². The van der Waals surface area contributed by atoms with Gasteiger partial charge in [-0.1, -0.05) is 0 Å². The maximum absolute atomic E-state index is 5.49. The molecule has 1 aliphatic heterocycles. The van der Waals surface area contributed by atoms with E-state index in [1.807, 2.05) is 19.2 Å². The van der Waals surface area contributed by atoms with E-state index in [1.165, 1.54) is 0 Å². The number of guanidine groups is 1. The molecule has 0 saturated carbocycles. The summed E-state index contributed by atoms with van der Waals surface area (Å²) in [5.41, 5.74) is 0.921. The summed E-state index contributed by atoms with van der Waals surface area (Å²) in [6.07, 6.45) is 1.10. The zero-order valence-electron chi connectivity index (χ0n) is 16.2. The summed E-state index contributed by atoms with van der Waals surface area (Å²) < 4.78 is 21.7. The number of ether oxygens (including phenoxy) is 4. The van der Waals surface area contributed by atoms with E-state index in [4.69, 9.17) is 18.9 Å². The summed E-state index contributed by atoms with van der Waals surface area (Å²) in [7, 11) is 8.72. The van der Waals surface area contributed by atoms with E-state index in [1.54, 1.807) is 28.4 Å². The van der Waals surface area contributed by atoms with Crippen LogP contribution < -0.4 is 19.5 Å². The standard InChI is InChI=1S/C18H29N3O4.HI/c1-19-18(21(2)11-13-6-7-25-12-13)20-10-15-16(23-4)8-14(22-3)9-17(15)24-5;/h8-9,13H,6-7,10-12H2,1-5H3,(H,19,20);1H. The summed E-state index contributed by atoms with van der Waals surface area (Å²) in [6.45, 7) is 3.12. The Hall–Kier alpha value is -1.42. The predicted molar refractivity (Wildman–Crippen MR) is 113 cm³/mol. The van der Waals surface area contributed by atoms with Gasteiger partial charge in [-0.15, -0.1) is 24.0 Å². The molecule has 0 aliphatic carbocycles. The second-order valence-corrected chi connectivity index (χ2v) is 6.02. The highest BCUT2D eigenvalue weighted by Crippen LogP contribution is 2.33. The third-order valence-corrected chi connectivity index (χ3v) is 4.37. The number of hydrogen-bond donors (Lipinski definition) is 1. The van der Waals surface area contributed by atoms with Crippen molar-refractivity contribution in [2.75, 3.05) is 55.2 Å². The van der Waals surface area contributed by atoms with E-state index >= 15 is 0 Å². The topological polar surface area (TPSA) is 64.6 Å². The normalized spacial score (nSPS) is 16.7. The average Bonchev–Trinajstić information content (AvgIpc) is 3.14. The first kappa shape index (κ1) is 22.6. The molecule has 26 heavy (non-hydrogen) atoms. The molecular formula is C18H30IN3O4. The van der Waals surface area contributed by atoms with Crippen LogP contribution in [0.4, 0.5) is 0 Å². The molecule has 1 unspecified atom stereocenters. The Balaban J connectivity index is 0.00000338. The lowest BCUT2D eigenvalue weighted by atomic mass is 10.1. The van der Waals surface area contributed by atoms with Crippen LogP contribution in [0.5, 0.6) is 17.2 Å². The van der Waals surface area contributed by atoms with Crippen molar-refractivity contribution in [2.24, 2.45) is 10.9 Å². The zero-order chi connectivity index (χ0) is 18.2. The summed E-state index contributed by atoms with van der Waals surface area (Å²) in [6, 6.07) is 3.70. The molecule has 1 atom stereocenters. The fraction of sp³-hybridized carbons (Fsp3) is 0.611. The third kappa shape index (κ3) is 5.80. The van der Waals surface area contributed by atoms with Crippen LogP contribution in [0.1, 0.15) is 12.0 Å². The van der Waals surface area contributed by atoms with Gasteiger partial charge in [-0.25, -0.2) is 0 Å². The molecule has 1 aliphatic rings. The zero-order valence-corrected chi connectivity index (χ0v) is 18.5. The van der Waals surface area contributed by atoms with Gasteiger partial charge in [-0.2, -0.15) is 0 Å². The largest absolute Gasteiger partial charge is 0.496 e. The minimum atomic E-state index is 0. The van der Waals surface area contributed by atoms with E-state index < -0.39 is 0 Å². The average molecular weight is 479 g/mol. The molecule has 1 N–H and O–H groups in total. The lowest BCUT2D eigenvalue weighted by Gasteiger charge is -2.25. The van der Waals surface area contributed by atoms with Gasteiger partial charge in [-0.3, -0.25) is 4.99 Å². The first-order valence-corrected chi connectivity index (χ1v) is 8.41. The van der Waals surface area contributed by atoms with Crippen molar-refractivity contribution in [1.29, 1.82) is 0 Å². The van der Waals surface area contributed by atoms with Crippen molar-refractivity contribution in [2.45, 2.75) is 13.0 Å². The first-order valence-electron chi connectivity index (χ1n) is 8.41. The molecule has 1 aromatic carbocycles. The molecule has 0 bridgehead atoms. The van der Waals surface area contributed by atoms with Crippen molar-refractivity contribution >= 4 is 29.9 Å². The highest BCUT2D eigenvalue weighted by molar-refractivity contribution is 14.0. The third-order valence-electron chi connectivity index (χ3n) is 4.37. The molecular weight excluding hydrogens is 449 g/mol. The van der Waals surface area contributed by atoms with Gasteiger partial charge in [0.15, 0.2) is 5.96 Å². The Bertz CT molecular complexity index is 567. The summed E-state index contributed by atoms with van der Waals surface area (Å²) >= 11 is 0. The highest BCUT2D eigenvalue weighted by atomic mass is 127. The van der Waals surface area contributed by atoms with Crippen molar-refractivity contribution in [3.63, 3.8) is 0 Å². The molecule has 8 heteroatoms. The van der Waals surface area contributed by atoms with E-state index in [0.29, 0.717) is 29.7 Å². The van der Waals surface area contributed by atoms with Gasteiger partial charge < -0.3 is 29.2 Å². The van der Waals surface area contributed by atoms with E-state index in [2.05, 4.69) is 15.2 Å². The van der Waals surface area contributed by atoms with Crippen LogP contribution in [-0.2, 0) is 11.3 Å². The van der Waals surface area contributed by atoms with E-state index in [0.717, 1.165) is 37.7 Å². The Kier molecular flexibility index (Phi) is 9.85. The Labute approximate surface area is 173 Å². The molecule has 1 heterocycles. The number of rotatable bonds is 7. The smallest absolute Gasteiger partial charge is 0.193 e. The molecule has 1 fully saturated rings. The Morgan fingerprint density at radius 1 is 1.23 bits per heavy atom. The van der Waals surface area contributed by atoms with Crippen molar-refractivity contribution in [1.82, 2.24) is 10.2 Å². The van der Waals surface area contributed by atoms with Gasteiger partial charge in [-0.05, 0) is 6.42 Å². The van der Waals surface area contributed by atoms with Gasteiger partial charge in [0.1, 0.15) is 17.2 Å². The number of aliphatic imine (C=N–C) groups is 1. The summed E-state index contributed by atoms with van der Waals surface area (Å²) in [5.74, 6) is 3.50. The monoisotopic (exact) mass is 479 g/mol. The maximum atomic E-state index is 5.49. The summed E-state index contributed by atoms with van der Waals surface area (Å²) in [4.78, 5) is 6.50. The van der Waals surface area contributed by atoms with Crippen LogP contribution in [0.2, 0.25) is 0 Å². The number of hydrogen-bond acceptors (Lipinski definition) is 5. The molecule has 1 saturated heterocycles. The molecule has 0 radical (unpaired) electrons. The number of halogens is 1. The highest BCUT2D eigenvalue weighted by Gasteiger charge is 2.20. The molecule has 1 aromatic rings. The summed E-state index contributed by atoms with van der Waals surface area (Å²) in [5, 5.41) is 3.38. The second kappa shape index (κ2) is 11.3. The maximum Gasteiger partial charge on any atom is 0.193 e. The number of benzene rings is 1. The van der Waals surface area contributed by atoms with Crippen molar-refractivity contribution in [3.8, 4) is 17.2 Å². The molecule has 2 rings (SSSR count). The van der Waals surface area contributed by atoms with Gasteiger partial charge in [0.25, 0.3) is 0 Å². The van der Waals surface area contributed by atoms with Gasteiger partial charge in [0.05, 0.1) is 40.0 Å². The van der Waals surface area contributed by atoms with Crippen LogP contribution in [0.25, 0.3) is 0 Å². The van der Waals surface area contributed by atoms with E-state index in [-0.39, 0.29) is 24.0 Å². The second-order valence-electron chi connectivity index (χ2n) is 6.02. The fourth-order valence-electron chi connectivity index (χ4n) is 3.01. The minimum Gasteiger partial charge on any atom is -0.496 e. The van der Waals surface area contributed by atoms with Gasteiger partial charge >= 0.3 is 0 Å². The Morgan fingerprint density at radius 2 is 1.88 bits per heavy atom. The minimum absolute atomic E-state index is 0. The van der Waals surface area contributed by atoms with Crippen LogP contribution in [0, 0.1) is 5.92 Å². The number of nitrogens with zero attached hydrogens (tertiary/aromatic N) is 2. The molecule has 148 valence electrons. The molecule has 0 amide bonds. The number of methoxy groups -OCH3 is 3. The van der Waals surface area contributed by atoms with Gasteiger partial charge in [0.2, 0.25) is 0 Å². The SMILES string of the molecule is CN=C(NCc1c(OC)cc(OC)cc1OC)N(C)CC1CCOC1.I. The lowest BCUT2D eigenvalue weighted by molar-refractivity contribution is 0.181. The quantitative estimate of drug-likeness (QED) is 0.368. The van der Waals surface area contributed by atoms with Crippen LogP contribution in [0.15, 0.2) is 17.1 Å².